The standard InChI is InChI=1S/C27H18Cl2I2N2O5S/c1-3-37-26(36)22-12(2)32-27-33(25(35)21(39-27)10-13-8-17(30)24(34)18(31)9-13)23(22)20-7-6-19(38-20)14-4-5-15(28)16(29)11-14/h4-11,23,34H,3H2,1-2H3/b21-10-/t23-/m1/s1. The monoisotopic (exact) mass is 806 g/mol. The summed E-state index contributed by atoms with van der Waals surface area (Å²) in [7, 11) is 0. The summed E-state index contributed by atoms with van der Waals surface area (Å²) < 4.78 is 14.8. The van der Waals surface area contributed by atoms with Crippen LogP contribution in [0.15, 0.2) is 67.9 Å². The first kappa shape index (κ1) is 28.4. The molecule has 0 saturated heterocycles. The number of fused-ring (bicyclic) bond motifs is 1. The predicted octanol–water partition coefficient (Wildman–Crippen LogP) is 6.28. The van der Waals surface area contributed by atoms with Gasteiger partial charge in [-0.3, -0.25) is 9.36 Å². The van der Waals surface area contributed by atoms with Gasteiger partial charge in [-0.1, -0.05) is 34.5 Å². The quantitative estimate of drug-likeness (QED) is 0.190. The van der Waals surface area contributed by atoms with Gasteiger partial charge in [0.1, 0.15) is 23.3 Å². The van der Waals surface area contributed by atoms with E-state index in [4.69, 9.17) is 32.4 Å². The smallest absolute Gasteiger partial charge is 0.338 e. The Balaban J connectivity index is 1.69. The number of furan rings is 1. The normalized spacial score (nSPS) is 15.3. The largest absolute Gasteiger partial charge is 0.506 e. The van der Waals surface area contributed by atoms with Crippen LogP contribution in [0.3, 0.4) is 0 Å². The number of phenolic OH excluding ortho intramolecular Hbond substituents is 1. The lowest BCUT2D eigenvalue weighted by molar-refractivity contribution is -0.139. The van der Waals surface area contributed by atoms with Crippen LogP contribution in [0.5, 0.6) is 5.75 Å². The number of phenols is 1. The number of hydrogen-bond acceptors (Lipinski definition) is 7. The van der Waals surface area contributed by atoms with Crippen LogP contribution in [0, 0.1) is 7.14 Å². The number of allylic oxidation sites excluding steroid dienone is 1. The second-order valence-corrected chi connectivity index (χ2v) is 12.6. The van der Waals surface area contributed by atoms with Crippen LogP contribution in [0.25, 0.3) is 17.4 Å². The zero-order chi connectivity index (χ0) is 28.0. The molecule has 1 aliphatic rings. The van der Waals surface area contributed by atoms with E-state index < -0.39 is 12.0 Å². The second kappa shape index (κ2) is 11.4. The lowest BCUT2D eigenvalue weighted by Crippen LogP contribution is -2.39. The van der Waals surface area contributed by atoms with E-state index in [2.05, 4.69) is 4.99 Å². The Bertz CT molecular complexity index is 1840. The van der Waals surface area contributed by atoms with Gasteiger partial charge in [-0.2, -0.15) is 0 Å². The third kappa shape index (κ3) is 5.45. The highest BCUT2D eigenvalue weighted by molar-refractivity contribution is 14.1. The molecular formula is C27H18Cl2I2N2O5S. The van der Waals surface area contributed by atoms with Crippen molar-refractivity contribution in [3.05, 3.63) is 102 Å². The van der Waals surface area contributed by atoms with Crippen molar-refractivity contribution in [3.8, 4) is 17.1 Å². The summed E-state index contributed by atoms with van der Waals surface area (Å²) >= 11 is 17.6. The Kier molecular flexibility index (Phi) is 8.30. The minimum absolute atomic E-state index is 0.164. The first-order valence-corrected chi connectivity index (χ1v) is 15.2. The summed E-state index contributed by atoms with van der Waals surface area (Å²) in [5.41, 5.74) is 1.78. The zero-order valence-corrected chi connectivity index (χ0v) is 26.9. The van der Waals surface area contributed by atoms with Gasteiger partial charge in [-0.05, 0) is 113 Å². The molecule has 0 bridgehead atoms. The van der Waals surface area contributed by atoms with E-state index in [0.29, 0.717) is 49.3 Å². The average molecular weight is 807 g/mol. The van der Waals surface area contributed by atoms with Crippen molar-refractivity contribution in [2.75, 3.05) is 6.61 Å². The molecule has 3 heterocycles. The Morgan fingerprint density at radius 3 is 2.56 bits per heavy atom. The Morgan fingerprint density at radius 1 is 1.18 bits per heavy atom. The number of benzene rings is 2. The molecule has 1 aliphatic heterocycles. The highest BCUT2D eigenvalue weighted by Gasteiger charge is 2.35. The molecular weight excluding hydrogens is 789 g/mol. The van der Waals surface area contributed by atoms with E-state index in [0.717, 1.165) is 5.56 Å². The molecule has 4 aromatic rings. The number of nitrogens with zero attached hydrogens (tertiary/aromatic N) is 2. The third-order valence-electron chi connectivity index (χ3n) is 5.95. The summed E-state index contributed by atoms with van der Waals surface area (Å²) in [6.07, 6.45) is 1.75. The predicted molar refractivity (Wildman–Crippen MR) is 168 cm³/mol. The maximum absolute atomic E-state index is 13.8. The van der Waals surface area contributed by atoms with Gasteiger partial charge >= 0.3 is 5.97 Å². The number of aromatic nitrogens is 1. The molecule has 200 valence electrons. The molecule has 7 nitrogen and oxygen atoms in total. The first-order chi connectivity index (χ1) is 18.6. The highest BCUT2D eigenvalue weighted by atomic mass is 127. The van der Waals surface area contributed by atoms with E-state index in [1.165, 1.54) is 15.9 Å². The van der Waals surface area contributed by atoms with Gasteiger partial charge in [-0.25, -0.2) is 9.79 Å². The van der Waals surface area contributed by atoms with Crippen LogP contribution in [-0.2, 0) is 9.53 Å². The van der Waals surface area contributed by atoms with Crippen LogP contribution in [0.4, 0.5) is 0 Å². The van der Waals surface area contributed by atoms with Crippen molar-refractivity contribution in [2.24, 2.45) is 4.99 Å². The van der Waals surface area contributed by atoms with E-state index in [1.54, 1.807) is 62.4 Å². The number of esters is 1. The Labute approximate surface area is 263 Å². The van der Waals surface area contributed by atoms with Gasteiger partial charge in [0.05, 0.1) is 39.6 Å². The molecule has 1 N–H and O–H groups in total. The van der Waals surface area contributed by atoms with Crippen molar-refractivity contribution in [3.63, 3.8) is 0 Å². The summed E-state index contributed by atoms with van der Waals surface area (Å²) in [6, 6.07) is 11.3. The molecule has 0 saturated carbocycles. The fourth-order valence-electron chi connectivity index (χ4n) is 4.18. The van der Waals surface area contributed by atoms with Gasteiger partial charge in [0.15, 0.2) is 4.80 Å². The molecule has 0 radical (unpaired) electrons. The Hall–Kier alpha value is -2.13. The fourth-order valence-corrected chi connectivity index (χ4v) is 7.35. The zero-order valence-electron chi connectivity index (χ0n) is 20.3. The van der Waals surface area contributed by atoms with Crippen molar-refractivity contribution < 1.29 is 19.1 Å². The van der Waals surface area contributed by atoms with Crippen LogP contribution in [0.1, 0.15) is 31.2 Å². The minimum Gasteiger partial charge on any atom is -0.506 e. The SMILES string of the molecule is CCOC(=O)C1=C(C)N=c2s/c(=C\c3cc(I)c(O)c(I)c3)c(=O)n2[C@@H]1c1ccc(-c2ccc(Cl)c(Cl)c2)o1. The Morgan fingerprint density at radius 2 is 1.90 bits per heavy atom. The van der Waals surface area contributed by atoms with Crippen LogP contribution < -0.4 is 14.9 Å². The number of hydrogen-bond donors (Lipinski definition) is 1. The lowest BCUT2D eigenvalue weighted by atomic mass is 10.0. The molecule has 0 unspecified atom stereocenters. The topological polar surface area (TPSA) is 94.0 Å². The third-order valence-corrected chi connectivity index (χ3v) is 9.32. The minimum atomic E-state index is -0.890. The number of thiazole rings is 1. The molecule has 2 aromatic carbocycles. The summed E-state index contributed by atoms with van der Waals surface area (Å²) in [6.45, 7) is 3.59. The highest BCUT2D eigenvalue weighted by Crippen LogP contribution is 2.36. The number of halogens is 4. The average Bonchev–Trinajstić information content (AvgIpc) is 3.48. The van der Waals surface area contributed by atoms with Gasteiger partial charge in [0.2, 0.25) is 0 Å². The number of rotatable bonds is 5. The number of ether oxygens (including phenoxy) is 1. The van der Waals surface area contributed by atoms with Gasteiger partial charge < -0.3 is 14.3 Å². The maximum Gasteiger partial charge on any atom is 0.338 e. The van der Waals surface area contributed by atoms with Crippen LogP contribution in [0.2, 0.25) is 10.0 Å². The van der Waals surface area contributed by atoms with E-state index in [9.17, 15) is 14.7 Å². The second-order valence-electron chi connectivity index (χ2n) is 8.47. The summed E-state index contributed by atoms with van der Waals surface area (Å²) in [5.74, 6) is 0.486. The van der Waals surface area contributed by atoms with E-state index in [1.807, 2.05) is 45.2 Å². The molecule has 12 heteroatoms. The number of carbonyl (C=O) groups is 1. The molecule has 0 fully saturated rings. The van der Waals surface area contributed by atoms with Gasteiger partial charge in [0, 0.05) is 5.56 Å². The lowest BCUT2D eigenvalue weighted by Gasteiger charge is -2.22. The van der Waals surface area contributed by atoms with Gasteiger partial charge in [0.25, 0.3) is 5.56 Å². The van der Waals surface area contributed by atoms with Crippen LogP contribution >= 0.6 is 79.7 Å². The van der Waals surface area contributed by atoms with Crippen molar-refractivity contribution in [1.82, 2.24) is 4.57 Å². The van der Waals surface area contributed by atoms with Crippen molar-refractivity contribution in [2.45, 2.75) is 19.9 Å². The van der Waals surface area contributed by atoms with E-state index >= 15 is 0 Å². The maximum atomic E-state index is 13.8. The van der Waals surface area contributed by atoms with Gasteiger partial charge in [-0.15, -0.1) is 0 Å². The number of aromatic hydroxyl groups is 1. The fraction of sp³-hybridized carbons (Fsp3) is 0.148. The van der Waals surface area contributed by atoms with Crippen molar-refractivity contribution >= 4 is 91.8 Å². The summed E-state index contributed by atoms with van der Waals surface area (Å²) in [5, 5.41) is 10.9. The molecule has 0 amide bonds. The molecule has 0 spiro atoms. The first-order valence-electron chi connectivity index (χ1n) is 11.5. The molecule has 0 aliphatic carbocycles. The number of carbonyl (C=O) groups excluding carboxylic acids is 1. The molecule has 39 heavy (non-hydrogen) atoms. The van der Waals surface area contributed by atoms with Crippen LogP contribution in [-0.4, -0.2) is 22.2 Å². The molecule has 5 rings (SSSR count). The summed E-state index contributed by atoms with van der Waals surface area (Å²) in [4.78, 5) is 31.9. The van der Waals surface area contributed by atoms with E-state index in [-0.39, 0.29) is 23.5 Å². The molecule has 1 atom stereocenters. The van der Waals surface area contributed by atoms with Crippen molar-refractivity contribution in [1.29, 1.82) is 0 Å². The molecule has 2 aromatic heterocycles.